The molecule has 1 rings (SSSR count). The molecule has 18 heavy (non-hydrogen) atoms. The van der Waals surface area contributed by atoms with Gasteiger partial charge in [0, 0.05) is 6.42 Å². The zero-order valence-electron chi connectivity index (χ0n) is 10.5. The van der Waals surface area contributed by atoms with Gasteiger partial charge in [-0.15, -0.1) is 0 Å². The minimum atomic E-state index is -4.52. The third-order valence-corrected chi connectivity index (χ3v) is 2.79. The van der Waals surface area contributed by atoms with Crippen molar-refractivity contribution in [3.63, 3.8) is 0 Å². The Bertz CT molecular complexity index is 333. The molecular formula is C11H17F3N2O2. The molecule has 0 aromatic rings. The first-order valence-corrected chi connectivity index (χ1v) is 5.68. The van der Waals surface area contributed by atoms with E-state index in [4.69, 9.17) is 0 Å². The van der Waals surface area contributed by atoms with Gasteiger partial charge in [0.15, 0.2) is 0 Å². The van der Waals surface area contributed by atoms with E-state index >= 15 is 0 Å². The van der Waals surface area contributed by atoms with E-state index in [0.29, 0.717) is 0 Å². The molecule has 0 radical (unpaired) electrons. The number of halogens is 3. The van der Waals surface area contributed by atoms with Crippen molar-refractivity contribution in [1.29, 1.82) is 0 Å². The summed E-state index contributed by atoms with van der Waals surface area (Å²) in [5.41, 5.74) is -1.14. The Kier molecular flexibility index (Phi) is 3.92. The molecule has 2 amide bonds. The van der Waals surface area contributed by atoms with E-state index < -0.39 is 29.6 Å². The van der Waals surface area contributed by atoms with Gasteiger partial charge in [-0.2, -0.15) is 13.2 Å². The minimum Gasteiger partial charge on any atom is -0.344 e. The van der Waals surface area contributed by atoms with Crippen LogP contribution < -0.4 is 10.6 Å². The molecular weight excluding hydrogens is 249 g/mol. The molecule has 1 saturated heterocycles. The van der Waals surface area contributed by atoms with Gasteiger partial charge in [-0.1, -0.05) is 20.8 Å². The fraction of sp³-hybridized carbons (Fsp3) is 0.818. The van der Waals surface area contributed by atoms with Crippen molar-refractivity contribution in [3.05, 3.63) is 0 Å². The SMILES string of the molecule is CC(C)(C)[C@@H](NC(=O)[C@@H]1CCC(=O)N1)C(F)(F)F. The summed E-state index contributed by atoms with van der Waals surface area (Å²) in [6.07, 6.45) is -4.11. The number of hydrogen-bond donors (Lipinski definition) is 2. The molecule has 1 aliphatic rings. The van der Waals surface area contributed by atoms with Gasteiger partial charge in [-0.3, -0.25) is 9.59 Å². The Labute approximate surface area is 103 Å². The first kappa shape index (κ1) is 14.8. The quantitative estimate of drug-likeness (QED) is 0.792. The minimum absolute atomic E-state index is 0.171. The standard InChI is InChI=1S/C11H17F3N2O2/c1-10(2,3)9(11(12,13)14)16-8(18)6-4-5-7(17)15-6/h6,9H,4-5H2,1-3H3,(H,15,17)(H,16,18)/t6-,9+/m0/s1. The highest BCUT2D eigenvalue weighted by molar-refractivity contribution is 5.90. The molecule has 7 heteroatoms. The normalized spacial score (nSPS) is 22.6. The van der Waals surface area contributed by atoms with Crippen LogP contribution in [0.3, 0.4) is 0 Å². The van der Waals surface area contributed by atoms with E-state index in [2.05, 4.69) is 5.32 Å². The summed E-state index contributed by atoms with van der Waals surface area (Å²) in [4.78, 5) is 22.6. The van der Waals surface area contributed by atoms with E-state index in [9.17, 15) is 22.8 Å². The highest BCUT2D eigenvalue weighted by atomic mass is 19.4. The van der Waals surface area contributed by atoms with Crippen molar-refractivity contribution in [2.75, 3.05) is 0 Å². The van der Waals surface area contributed by atoms with Crippen molar-refractivity contribution >= 4 is 11.8 Å². The van der Waals surface area contributed by atoms with E-state index in [1.807, 2.05) is 5.32 Å². The fourth-order valence-electron chi connectivity index (χ4n) is 1.84. The lowest BCUT2D eigenvalue weighted by atomic mass is 9.86. The highest BCUT2D eigenvalue weighted by Gasteiger charge is 2.48. The predicted molar refractivity (Wildman–Crippen MR) is 58.6 cm³/mol. The molecule has 0 saturated carbocycles. The lowest BCUT2D eigenvalue weighted by molar-refractivity contribution is -0.181. The smallest absolute Gasteiger partial charge is 0.344 e. The van der Waals surface area contributed by atoms with Gasteiger partial charge >= 0.3 is 6.18 Å². The summed E-state index contributed by atoms with van der Waals surface area (Å²) in [7, 11) is 0. The molecule has 1 heterocycles. The average molecular weight is 266 g/mol. The summed E-state index contributed by atoms with van der Waals surface area (Å²) >= 11 is 0. The summed E-state index contributed by atoms with van der Waals surface area (Å²) in [6, 6.07) is -2.79. The molecule has 0 bridgehead atoms. The van der Waals surface area contributed by atoms with Gasteiger partial charge in [0.25, 0.3) is 0 Å². The van der Waals surface area contributed by atoms with Crippen molar-refractivity contribution < 1.29 is 22.8 Å². The third kappa shape index (κ3) is 3.61. The maximum atomic E-state index is 12.8. The van der Waals surface area contributed by atoms with E-state index in [-0.39, 0.29) is 18.7 Å². The average Bonchev–Trinajstić information content (AvgIpc) is 2.57. The third-order valence-electron chi connectivity index (χ3n) is 2.79. The second-order valence-corrected chi connectivity index (χ2v) is 5.51. The van der Waals surface area contributed by atoms with Crippen molar-refractivity contribution in [3.8, 4) is 0 Å². The molecule has 1 fully saturated rings. The number of carbonyl (C=O) groups excluding carboxylic acids is 2. The van der Waals surface area contributed by atoms with Gasteiger partial charge < -0.3 is 10.6 Å². The van der Waals surface area contributed by atoms with Crippen LogP contribution in [0, 0.1) is 5.41 Å². The Hall–Kier alpha value is -1.27. The van der Waals surface area contributed by atoms with Crippen LogP contribution in [0.1, 0.15) is 33.6 Å². The number of carbonyl (C=O) groups is 2. The monoisotopic (exact) mass is 266 g/mol. The van der Waals surface area contributed by atoms with Crippen LogP contribution in [0.15, 0.2) is 0 Å². The number of alkyl halides is 3. The Morgan fingerprint density at radius 1 is 1.39 bits per heavy atom. The van der Waals surface area contributed by atoms with Gasteiger partial charge in [0.2, 0.25) is 11.8 Å². The molecule has 104 valence electrons. The van der Waals surface area contributed by atoms with Crippen molar-refractivity contribution in [2.24, 2.45) is 5.41 Å². The van der Waals surface area contributed by atoms with Crippen LogP contribution in [0.5, 0.6) is 0 Å². The molecule has 4 nitrogen and oxygen atoms in total. The lowest BCUT2D eigenvalue weighted by Crippen LogP contribution is -2.56. The molecule has 2 atom stereocenters. The number of nitrogens with one attached hydrogen (secondary N) is 2. The maximum Gasteiger partial charge on any atom is 0.409 e. The molecule has 0 unspecified atom stereocenters. The molecule has 0 aromatic carbocycles. The largest absolute Gasteiger partial charge is 0.409 e. The van der Waals surface area contributed by atoms with Crippen LogP contribution in [0.2, 0.25) is 0 Å². The van der Waals surface area contributed by atoms with Crippen LogP contribution in [0.4, 0.5) is 13.2 Å². The zero-order valence-corrected chi connectivity index (χ0v) is 10.5. The fourth-order valence-corrected chi connectivity index (χ4v) is 1.84. The number of amides is 2. The summed E-state index contributed by atoms with van der Waals surface area (Å²) in [6.45, 7) is 4.20. The van der Waals surface area contributed by atoms with Crippen LogP contribution in [-0.2, 0) is 9.59 Å². The van der Waals surface area contributed by atoms with E-state index in [0.717, 1.165) is 0 Å². The second-order valence-electron chi connectivity index (χ2n) is 5.51. The van der Waals surface area contributed by atoms with Crippen molar-refractivity contribution in [1.82, 2.24) is 10.6 Å². The highest BCUT2D eigenvalue weighted by Crippen LogP contribution is 2.33. The Morgan fingerprint density at radius 2 is 1.94 bits per heavy atom. The van der Waals surface area contributed by atoms with Crippen LogP contribution >= 0.6 is 0 Å². The molecule has 0 aromatic heterocycles. The van der Waals surface area contributed by atoms with Gasteiger partial charge in [0.05, 0.1) is 0 Å². The first-order chi connectivity index (χ1) is 8.01. The van der Waals surface area contributed by atoms with Gasteiger partial charge in [0.1, 0.15) is 12.1 Å². The molecule has 0 spiro atoms. The summed E-state index contributed by atoms with van der Waals surface area (Å²) < 4.78 is 38.5. The van der Waals surface area contributed by atoms with Gasteiger partial charge in [-0.25, -0.2) is 0 Å². The van der Waals surface area contributed by atoms with E-state index in [1.54, 1.807) is 0 Å². The van der Waals surface area contributed by atoms with Crippen LogP contribution in [0.25, 0.3) is 0 Å². The summed E-state index contributed by atoms with van der Waals surface area (Å²) in [5.74, 6) is -1.09. The molecule has 1 aliphatic heterocycles. The lowest BCUT2D eigenvalue weighted by Gasteiger charge is -2.33. The zero-order chi connectivity index (χ0) is 14.1. The number of hydrogen-bond acceptors (Lipinski definition) is 2. The number of rotatable bonds is 2. The predicted octanol–water partition coefficient (Wildman–Crippen LogP) is 1.36. The van der Waals surface area contributed by atoms with Gasteiger partial charge in [-0.05, 0) is 11.8 Å². The second kappa shape index (κ2) is 4.78. The topological polar surface area (TPSA) is 58.2 Å². The van der Waals surface area contributed by atoms with E-state index in [1.165, 1.54) is 20.8 Å². The summed E-state index contributed by atoms with van der Waals surface area (Å²) in [5, 5.41) is 4.32. The maximum absolute atomic E-state index is 12.8. The molecule has 0 aliphatic carbocycles. The Balaban J connectivity index is 2.73. The van der Waals surface area contributed by atoms with Crippen LogP contribution in [-0.4, -0.2) is 30.1 Å². The van der Waals surface area contributed by atoms with Crippen molar-refractivity contribution in [2.45, 2.75) is 51.9 Å². The Morgan fingerprint density at radius 3 is 2.28 bits per heavy atom. The molecule has 2 N–H and O–H groups in total. The first-order valence-electron chi connectivity index (χ1n) is 5.68.